The van der Waals surface area contributed by atoms with Gasteiger partial charge in [0.15, 0.2) is 6.61 Å². The molecule has 1 aromatic carbocycles. The number of Topliss-reactive ketones (excluding diaryl/α,β-unsaturated/α-hetero) is 1. The molecule has 0 fully saturated rings. The Kier molecular flexibility index (Phi) is 8.95. The quantitative estimate of drug-likeness (QED) is 0.260. The van der Waals surface area contributed by atoms with E-state index in [-0.39, 0.29) is 12.4 Å². The molecular formula is C23H28O4S. The summed E-state index contributed by atoms with van der Waals surface area (Å²) in [4.78, 5) is 24.7. The summed E-state index contributed by atoms with van der Waals surface area (Å²) in [5.41, 5.74) is 2.27. The average Bonchev–Trinajstić information content (AvgIpc) is 3.20. The number of unbranched alkanes of at least 4 members (excludes halogenated alkanes) is 4. The molecule has 0 aliphatic heterocycles. The number of esters is 1. The lowest BCUT2D eigenvalue weighted by molar-refractivity contribution is 0.0606. The highest BCUT2D eigenvalue weighted by Crippen LogP contribution is 2.21. The summed E-state index contributed by atoms with van der Waals surface area (Å²) < 4.78 is 10.3. The number of benzene rings is 1. The van der Waals surface area contributed by atoms with Crippen LogP contribution in [0.2, 0.25) is 0 Å². The molecule has 0 spiro atoms. The highest BCUT2D eigenvalue weighted by Gasteiger charge is 2.14. The van der Waals surface area contributed by atoms with Gasteiger partial charge in [-0.15, -0.1) is 11.3 Å². The Morgan fingerprint density at radius 2 is 1.86 bits per heavy atom. The van der Waals surface area contributed by atoms with Gasteiger partial charge in [0.2, 0.25) is 5.78 Å². The zero-order chi connectivity index (χ0) is 20.4. The second-order valence-corrected chi connectivity index (χ2v) is 7.72. The van der Waals surface area contributed by atoms with Crippen molar-refractivity contribution in [1.29, 1.82) is 0 Å². The molecular weight excluding hydrogens is 372 g/mol. The van der Waals surface area contributed by atoms with Gasteiger partial charge in [-0.05, 0) is 55.2 Å². The van der Waals surface area contributed by atoms with Crippen LogP contribution >= 0.6 is 11.3 Å². The van der Waals surface area contributed by atoms with E-state index in [1.165, 1.54) is 38.4 Å². The first-order chi connectivity index (χ1) is 13.5. The van der Waals surface area contributed by atoms with E-state index in [9.17, 15) is 9.59 Å². The highest BCUT2D eigenvalue weighted by atomic mass is 32.1. The third-order valence-corrected chi connectivity index (χ3v) is 5.52. The van der Waals surface area contributed by atoms with Gasteiger partial charge in [0, 0.05) is 0 Å². The summed E-state index contributed by atoms with van der Waals surface area (Å²) in [6.45, 7) is 4.21. The van der Waals surface area contributed by atoms with E-state index in [1.807, 2.05) is 18.2 Å². The van der Waals surface area contributed by atoms with Gasteiger partial charge in [-0.1, -0.05) is 44.4 Å². The molecule has 2 aromatic rings. The number of allylic oxidation sites excluding steroid dienone is 1. The number of hydrogen-bond donors (Lipinski definition) is 0. The molecule has 150 valence electrons. The normalized spacial score (nSPS) is 11.0. The van der Waals surface area contributed by atoms with Crippen molar-refractivity contribution in [1.82, 2.24) is 0 Å². The van der Waals surface area contributed by atoms with Gasteiger partial charge in [0.05, 0.1) is 12.0 Å². The van der Waals surface area contributed by atoms with Crippen LogP contribution in [-0.4, -0.2) is 25.5 Å². The first kappa shape index (κ1) is 21.9. The summed E-state index contributed by atoms with van der Waals surface area (Å²) in [7, 11) is 1.32. The first-order valence-corrected chi connectivity index (χ1v) is 10.5. The molecule has 0 unspecified atom stereocenters. The summed E-state index contributed by atoms with van der Waals surface area (Å²) in [5, 5.41) is 0. The highest BCUT2D eigenvalue weighted by molar-refractivity contribution is 7.15. The lowest BCUT2D eigenvalue weighted by Crippen LogP contribution is -2.10. The van der Waals surface area contributed by atoms with Gasteiger partial charge in [-0.3, -0.25) is 4.79 Å². The lowest BCUT2D eigenvalue weighted by atomic mass is 10.1. The predicted octanol–water partition coefficient (Wildman–Crippen LogP) is 6.09. The van der Waals surface area contributed by atoms with Gasteiger partial charge in [0.1, 0.15) is 10.6 Å². The van der Waals surface area contributed by atoms with Crippen LogP contribution in [0.4, 0.5) is 0 Å². The van der Waals surface area contributed by atoms with E-state index in [2.05, 4.69) is 30.7 Å². The molecule has 0 aliphatic carbocycles. The maximum absolute atomic E-state index is 12.3. The van der Waals surface area contributed by atoms with E-state index < -0.39 is 5.97 Å². The minimum absolute atomic E-state index is 0.0651. The summed E-state index contributed by atoms with van der Waals surface area (Å²) in [6, 6.07) is 9.05. The number of carbonyl (C=O) groups excluding carboxylic acids is 2. The van der Waals surface area contributed by atoms with Crippen LogP contribution in [0, 0.1) is 6.92 Å². The predicted molar refractivity (Wildman–Crippen MR) is 114 cm³/mol. The minimum atomic E-state index is -0.436. The smallest absolute Gasteiger partial charge is 0.348 e. The second-order valence-electron chi connectivity index (χ2n) is 6.64. The van der Waals surface area contributed by atoms with E-state index in [4.69, 9.17) is 4.74 Å². The number of hydrogen-bond acceptors (Lipinski definition) is 5. The lowest BCUT2D eigenvalue weighted by Gasteiger charge is -2.08. The van der Waals surface area contributed by atoms with Crippen molar-refractivity contribution in [3.05, 3.63) is 57.3 Å². The van der Waals surface area contributed by atoms with E-state index in [0.717, 1.165) is 23.3 Å². The largest absolute Gasteiger partial charge is 0.485 e. The number of rotatable bonds is 11. The standard InChI is InChI=1S/C23H28O4S/c1-4-5-6-7-8-9-10-18-15-19(12-11-17(18)2)27-16-20(24)21-13-14-22(28-21)23(25)26-3/h9-15H,4-8,16H2,1-3H3. The van der Waals surface area contributed by atoms with Crippen LogP contribution in [-0.2, 0) is 4.74 Å². The first-order valence-electron chi connectivity index (χ1n) is 9.66. The molecule has 0 N–H and O–H groups in total. The number of ketones is 1. The molecule has 5 heteroatoms. The Morgan fingerprint density at radius 3 is 2.61 bits per heavy atom. The zero-order valence-corrected chi connectivity index (χ0v) is 17.6. The maximum Gasteiger partial charge on any atom is 0.348 e. The van der Waals surface area contributed by atoms with Gasteiger partial charge in [0.25, 0.3) is 0 Å². The zero-order valence-electron chi connectivity index (χ0n) is 16.8. The number of methoxy groups -OCH3 is 1. The fraction of sp³-hybridized carbons (Fsp3) is 0.391. The molecule has 0 atom stereocenters. The van der Waals surface area contributed by atoms with Gasteiger partial charge < -0.3 is 9.47 Å². The van der Waals surface area contributed by atoms with Gasteiger partial charge in [-0.2, -0.15) is 0 Å². The average molecular weight is 401 g/mol. The molecule has 28 heavy (non-hydrogen) atoms. The van der Waals surface area contributed by atoms with Crippen LogP contribution in [0.3, 0.4) is 0 Å². The fourth-order valence-electron chi connectivity index (χ4n) is 2.71. The Morgan fingerprint density at radius 1 is 1.07 bits per heavy atom. The van der Waals surface area contributed by atoms with Crippen molar-refractivity contribution < 1.29 is 19.1 Å². The molecule has 0 saturated heterocycles. The summed E-state index contributed by atoms with van der Waals surface area (Å²) in [6.07, 6.45) is 10.4. The van der Waals surface area contributed by atoms with Crippen molar-refractivity contribution in [2.24, 2.45) is 0 Å². The molecule has 1 aromatic heterocycles. The Bertz CT molecular complexity index is 820. The van der Waals surface area contributed by atoms with Crippen LogP contribution in [0.15, 0.2) is 36.4 Å². The van der Waals surface area contributed by atoms with Gasteiger partial charge >= 0.3 is 5.97 Å². The monoisotopic (exact) mass is 400 g/mol. The van der Waals surface area contributed by atoms with Crippen molar-refractivity contribution in [2.75, 3.05) is 13.7 Å². The van der Waals surface area contributed by atoms with E-state index in [0.29, 0.717) is 15.5 Å². The molecule has 0 bridgehead atoms. The van der Waals surface area contributed by atoms with Crippen LogP contribution in [0.1, 0.15) is 69.5 Å². The van der Waals surface area contributed by atoms with Crippen molar-refractivity contribution in [2.45, 2.75) is 46.0 Å². The summed E-state index contributed by atoms with van der Waals surface area (Å²) in [5.74, 6) is 0.0673. The van der Waals surface area contributed by atoms with E-state index >= 15 is 0 Å². The SMILES string of the molecule is CCCCCCC=Cc1cc(OCC(=O)c2ccc(C(=O)OC)s2)ccc1C. The molecule has 0 saturated carbocycles. The van der Waals surface area contributed by atoms with Crippen LogP contribution in [0.5, 0.6) is 5.75 Å². The molecule has 0 amide bonds. The molecule has 0 aliphatic rings. The minimum Gasteiger partial charge on any atom is -0.485 e. The second kappa shape index (κ2) is 11.4. The number of ether oxygens (including phenoxy) is 2. The summed E-state index contributed by atoms with van der Waals surface area (Å²) >= 11 is 1.12. The molecule has 2 rings (SSSR count). The number of carbonyl (C=O) groups is 2. The maximum atomic E-state index is 12.3. The van der Waals surface area contributed by atoms with E-state index in [1.54, 1.807) is 12.1 Å². The number of aryl methyl sites for hydroxylation is 1. The number of thiophene rings is 1. The third kappa shape index (κ3) is 6.64. The molecule has 4 nitrogen and oxygen atoms in total. The van der Waals surface area contributed by atoms with Gasteiger partial charge in [-0.25, -0.2) is 4.79 Å². The Balaban J connectivity index is 1.91. The van der Waals surface area contributed by atoms with Crippen molar-refractivity contribution in [3.8, 4) is 5.75 Å². The van der Waals surface area contributed by atoms with Crippen LogP contribution < -0.4 is 4.74 Å². The molecule has 0 radical (unpaired) electrons. The third-order valence-electron chi connectivity index (χ3n) is 4.41. The Hall–Kier alpha value is -2.40. The topological polar surface area (TPSA) is 52.6 Å². The Labute approximate surface area is 171 Å². The fourth-order valence-corrected chi connectivity index (χ4v) is 3.55. The van der Waals surface area contributed by atoms with Crippen molar-refractivity contribution in [3.63, 3.8) is 0 Å². The van der Waals surface area contributed by atoms with Crippen LogP contribution in [0.25, 0.3) is 6.08 Å². The van der Waals surface area contributed by atoms with Crippen molar-refractivity contribution >= 4 is 29.2 Å². The molecule has 1 heterocycles.